The molecule has 0 radical (unpaired) electrons. The van der Waals surface area contributed by atoms with E-state index < -0.39 is 156 Å². The number of rotatable bonds is 12. The summed E-state index contributed by atoms with van der Waals surface area (Å²) >= 11 is 0. The number of likely N-dealkylation sites (N-methyl/N-ethyl adjacent to an activating group) is 7. The molecule has 0 aromatic carbocycles. The molecule has 24 heteroatoms. The van der Waals surface area contributed by atoms with Gasteiger partial charge >= 0.3 is 0 Å². The smallest absolute Gasteiger partial charge is 0.248 e. The van der Waals surface area contributed by atoms with Gasteiger partial charge in [0.15, 0.2) is 0 Å². The molecule has 0 aromatic heterocycles. The number of carbonyl (C=O) groups is 11. The van der Waals surface area contributed by atoms with Crippen LogP contribution in [0.15, 0.2) is 0 Å². The van der Waals surface area contributed by atoms with Crippen molar-refractivity contribution in [3.63, 3.8) is 0 Å². The van der Waals surface area contributed by atoms with Gasteiger partial charge in [-0.3, -0.25) is 52.7 Å². The molecule has 0 aliphatic carbocycles. The van der Waals surface area contributed by atoms with Crippen molar-refractivity contribution in [2.75, 3.05) is 62.5 Å². The minimum absolute atomic E-state index is 0.134. The van der Waals surface area contributed by atoms with Crippen LogP contribution in [-0.2, 0) is 57.5 Å². The molecule has 2 rings (SSSR count). The number of aliphatic hydroxyl groups is 1. The zero-order valence-electron chi connectivity index (χ0n) is 54.9. The van der Waals surface area contributed by atoms with Gasteiger partial charge in [-0.1, -0.05) is 90.0 Å². The monoisotopic (exact) mass is 1190 g/mol. The molecule has 2 heterocycles. The maximum Gasteiger partial charge on any atom is 0.248 e. The van der Waals surface area contributed by atoms with Crippen molar-refractivity contribution in [3.05, 3.63) is 0 Å². The van der Waals surface area contributed by atoms with Crippen molar-refractivity contribution in [2.24, 2.45) is 41.4 Å². The topological polar surface area (TPSA) is 288 Å². The van der Waals surface area contributed by atoms with Gasteiger partial charge in [-0.2, -0.15) is 0 Å². The van der Waals surface area contributed by atoms with E-state index >= 15 is 9.59 Å². The molecular weight excluding hydrogens is 1080 g/mol. The average Bonchev–Trinajstić information content (AvgIpc) is 3.94. The standard InChI is InChI=1S/C60H107N11O13/c1-31(2)26-41-53(76)63-46(35(9)10)59(82)67(19)42(27-32(3)4)52(75)61-38(14)51(74)62-39(15)55(78)68(20)43(28-33(5)6)56(79)69(21)44(29-34(7)8)57(80)70(22)48(36(11)12)60(83)71(23)49(50-37(13)24-25-84-50)54(77)64-47(40(16)72)58(81)65(17)30-45(73)66(41)18/h31-44,46-50,72H,24-30H2,1-23H3,(H,61,75)(H,62,74)(H,63,76)(H,64,77)/t37-,38-,39+,40-,41+,42-,43-,44-,46-,47-,48-,49-,50?/m1/s1. The van der Waals surface area contributed by atoms with E-state index in [2.05, 4.69) is 21.3 Å². The van der Waals surface area contributed by atoms with Gasteiger partial charge in [0.1, 0.15) is 60.4 Å². The van der Waals surface area contributed by atoms with E-state index in [1.54, 1.807) is 27.7 Å². The molecule has 2 aliphatic heterocycles. The van der Waals surface area contributed by atoms with Crippen LogP contribution in [0, 0.1) is 41.4 Å². The molecule has 5 N–H and O–H groups in total. The van der Waals surface area contributed by atoms with Crippen LogP contribution in [0.1, 0.15) is 143 Å². The maximum absolute atomic E-state index is 15.1. The van der Waals surface area contributed by atoms with Crippen LogP contribution in [0.2, 0.25) is 0 Å². The molecule has 480 valence electrons. The Balaban J connectivity index is 2.95. The van der Waals surface area contributed by atoms with Gasteiger partial charge in [0, 0.05) is 55.9 Å². The molecule has 2 fully saturated rings. The molecule has 1 unspecified atom stereocenters. The summed E-state index contributed by atoms with van der Waals surface area (Å²) in [5.74, 6) is -9.55. The lowest BCUT2D eigenvalue weighted by Crippen LogP contribution is -2.64. The lowest BCUT2D eigenvalue weighted by Gasteiger charge is -2.41. The highest BCUT2D eigenvalue weighted by atomic mass is 16.5. The minimum atomic E-state index is -1.65. The third-order valence-corrected chi connectivity index (χ3v) is 16.2. The van der Waals surface area contributed by atoms with Gasteiger partial charge < -0.3 is 65.4 Å². The van der Waals surface area contributed by atoms with Gasteiger partial charge in [-0.25, -0.2) is 0 Å². The molecule has 2 saturated heterocycles. The number of aliphatic hydroxyl groups excluding tert-OH is 1. The quantitative estimate of drug-likeness (QED) is 0.186. The van der Waals surface area contributed by atoms with Crippen LogP contribution >= 0.6 is 0 Å². The fourth-order valence-corrected chi connectivity index (χ4v) is 11.0. The first-order valence-electron chi connectivity index (χ1n) is 30.1. The van der Waals surface area contributed by atoms with Crippen molar-refractivity contribution in [1.82, 2.24) is 55.6 Å². The molecule has 0 bridgehead atoms. The normalized spacial score (nSPS) is 29.3. The number of ether oxygens (including phenoxy) is 1. The molecular formula is C60H107N11O13. The number of hydrogen-bond donors (Lipinski definition) is 5. The molecule has 2 aliphatic rings. The number of nitrogens with one attached hydrogen (secondary N) is 4. The predicted octanol–water partition coefficient (Wildman–Crippen LogP) is 1.70. The van der Waals surface area contributed by atoms with Crippen molar-refractivity contribution in [2.45, 2.75) is 216 Å². The summed E-state index contributed by atoms with van der Waals surface area (Å²) in [4.78, 5) is 169. The minimum Gasteiger partial charge on any atom is -0.391 e. The highest BCUT2D eigenvalue weighted by molar-refractivity contribution is 5.99. The van der Waals surface area contributed by atoms with E-state index in [0.29, 0.717) is 6.42 Å². The third kappa shape index (κ3) is 19.6. The van der Waals surface area contributed by atoms with Gasteiger partial charge in [0.2, 0.25) is 65.0 Å². The van der Waals surface area contributed by atoms with E-state index in [-0.39, 0.29) is 61.9 Å². The van der Waals surface area contributed by atoms with Crippen molar-refractivity contribution >= 4 is 65.0 Å². The van der Waals surface area contributed by atoms with Crippen LogP contribution in [0.3, 0.4) is 0 Å². The van der Waals surface area contributed by atoms with Crippen LogP contribution in [-0.4, -0.2) is 239 Å². The summed E-state index contributed by atoms with van der Waals surface area (Å²) in [6, 6.07) is -12.5. The molecule has 0 aromatic rings. The summed E-state index contributed by atoms with van der Waals surface area (Å²) in [5.41, 5.74) is 0. The predicted molar refractivity (Wildman–Crippen MR) is 319 cm³/mol. The highest BCUT2D eigenvalue weighted by Crippen LogP contribution is 2.29. The van der Waals surface area contributed by atoms with Gasteiger partial charge in [-0.15, -0.1) is 0 Å². The van der Waals surface area contributed by atoms with E-state index in [4.69, 9.17) is 4.74 Å². The molecule has 24 nitrogen and oxygen atoms in total. The Labute approximate surface area is 500 Å². The zero-order valence-corrected chi connectivity index (χ0v) is 54.9. The Bertz CT molecular complexity index is 2310. The number of carbonyl (C=O) groups excluding carboxylic acids is 11. The summed E-state index contributed by atoms with van der Waals surface area (Å²) in [7, 11) is 9.89. The van der Waals surface area contributed by atoms with E-state index in [9.17, 15) is 48.3 Å². The maximum atomic E-state index is 15.1. The third-order valence-electron chi connectivity index (χ3n) is 16.2. The van der Waals surface area contributed by atoms with E-state index in [1.165, 1.54) is 99.5 Å². The summed E-state index contributed by atoms with van der Waals surface area (Å²) in [5, 5.41) is 22.0. The van der Waals surface area contributed by atoms with Crippen molar-refractivity contribution in [1.29, 1.82) is 0 Å². The second-order valence-electron chi connectivity index (χ2n) is 26.2. The number of amides is 11. The van der Waals surface area contributed by atoms with Crippen LogP contribution in [0.25, 0.3) is 0 Å². The Morgan fingerprint density at radius 1 is 0.440 bits per heavy atom. The first-order chi connectivity index (χ1) is 38.7. The largest absolute Gasteiger partial charge is 0.391 e. The molecule has 84 heavy (non-hydrogen) atoms. The average molecular weight is 1190 g/mol. The number of hydrogen-bond acceptors (Lipinski definition) is 13. The van der Waals surface area contributed by atoms with Gasteiger partial charge in [0.05, 0.1) is 18.8 Å². The van der Waals surface area contributed by atoms with Crippen LogP contribution in [0.4, 0.5) is 0 Å². The number of nitrogens with zero attached hydrogens (tertiary/aromatic N) is 7. The fourth-order valence-electron chi connectivity index (χ4n) is 11.0. The molecule has 11 amide bonds. The SMILES string of the molecule is CC(C)C[C@@H]1C(=O)N(C)[C@H](CC(C)C)C(=O)N(C)[C@H](C(C)C)C(=O)N(C)[C@H](C2OCC[C@H]2C)C(=O)N[C@H]([C@@H](C)O)C(=O)N(C)CC(=O)N(C)[C@@H](CC(C)C)C(=O)N[C@H](C(C)C)C(=O)N(C)[C@H](CC(C)C)C(=O)N[C@H](C)C(=O)N[C@@H](C)C(=O)N1C. The Hall–Kier alpha value is -5.91. The molecule has 0 spiro atoms. The Morgan fingerprint density at radius 3 is 1.30 bits per heavy atom. The van der Waals surface area contributed by atoms with Crippen LogP contribution < -0.4 is 21.3 Å². The fraction of sp³-hybridized carbons (Fsp3) is 0.817. The van der Waals surface area contributed by atoms with Gasteiger partial charge in [0.25, 0.3) is 0 Å². The lowest BCUT2D eigenvalue weighted by molar-refractivity contribution is -0.157. The van der Waals surface area contributed by atoms with E-state index in [0.717, 1.165) is 4.90 Å². The summed E-state index contributed by atoms with van der Waals surface area (Å²) < 4.78 is 6.12. The van der Waals surface area contributed by atoms with Crippen LogP contribution in [0.5, 0.6) is 0 Å². The second kappa shape index (κ2) is 32.6. The second-order valence-corrected chi connectivity index (χ2v) is 26.2. The first kappa shape index (κ1) is 74.2. The van der Waals surface area contributed by atoms with Gasteiger partial charge in [-0.05, 0) is 94.3 Å². The van der Waals surface area contributed by atoms with Crippen molar-refractivity contribution < 1.29 is 62.6 Å². The first-order valence-corrected chi connectivity index (χ1v) is 30.1. The van der Waals surface area contributed by atoms with E-state index in [1.807, 2.05) is 62.3 Å². The molecule has 13 atom stereocenters. The Kier molecular flexibility index (Phi) is 28.8. The summed E-state index contributed by atoms with van der Waals surface area (Å²) in [6.07, 6.45) is -1.30. The summed E-state index contributed by atoms with van der Waals surface area (Å²) in [6.45, 7) is 27.5. The Morgan fingerprint density at radius 2 is 0.857 bits per heavy atom. The van der Waals surface area contributed by atoms with Crippen molar-refractivity contribution in [3.8, 4) is 0 Å². The highest BCUT2D eigenvalue weighted by Gasteiger charge is 2.47. The molecule has 0 saturated carbocycles. The lowest BCUT2D eigenvalue weighted by atomic mass is 9.93. The zero-order chi connectivity index (χ0) is 64.8.